The van der Waals surface area contributed by atoms with Gasteiger partial charge in [-0.1, -0.05) is 0 Å². The van der Waals surface area contributed by atoms with E-state index in [4.69, 9.17) is 4.74 Å². The van der Waals surface area contributed by atoms with E-state index in [0.29, 0.717) is 6.04 Å². The largest absolute Gasteiger partial charge is 0.381 e. The monoisotopic (exact) mass is 234 g/mol. The summed E-state index contributed by atoms with van der Waals surface area (Å²) in [7, 11) is 0. The standard InChI is InChI=1S/C11H22N2O.ClH/c1-10-9-13(6-5-12-10)11-3-2-7-14-8-4-11;/h10-12H,2-9H2,1H3;1H/t10-,11?;/m1./s1. The van der Waals surface area contributed by atoms with E-state index in [2.05, 4.69) is 17.1 Å². The predicted octanol–water partition coefficient (Wildman–Crippen LogP) is 1.27. The van der Waals surface area contributed by atoms with Crippen LogP contribution >= 0.6 is 12.4 Å². The summed E-state index contributed by atoms with van der Waals surface area (Å²) >= 11 is 0. The first-order chi connectivity index (χ1) is 6.86. The second-order valence-corrected chi connectivity index (χ2v) is 4.55. The van der Waals surface area contributed by atoms with Crippen LogP contribution in [0.25, 0.3) is 0 Å². The third-order valence-electron chi connectivity index (χ3n) is 3.34. The van der Waals surface area contributed by atoms with Gasteiger partial charge in [0.2, 0.25) is 0 Å². The maximum Gasteiger partial charge on any atom is 0.0480 e. The van der Waals surface area contributed by atoms with E-state index in [9.17, 15) is 0 Å². The minimum absolute atomic E-state index is 0. The summed E-state index contributed by atoms with van der Waals surface area (Å²) in [6.07, 6.45) is 3.79. The fraction of sp³-hybridized carbons (Fsp3) is 1.00. The van der Waals surface area contributed by atoms with Crippen LogP contribution < -0.4 is 5.32 Å². The van der Waals surface area contributed by atoms with Crippen molar-refractivity contribution >= 4 is 12.4 Å². The number of piperazine rings is 1. The number of nitrogens with one attached hydrogen (secondary N) is 1. The Balaban J connectivity index is 0.00000112. The van der Waals surface area contributed by atoms with Crippen molar-refractivity contribution in [2.75, 3.05) is 32.8 Å². The normalized spacial score (nSPS) is 34.2. The molecule has 0 saturated carbocycles. The molecule has 0 spiro atoms. The number of hydrogen-bond donors (Lipinski definition) is 1. The van der Waals surface area contributed by atoms with Crippen LogP contribution in [0.2, 0.25) is 0 Å². The molecular weight excluding hydrogens is 212 g/mol. The molecule has 90 valence electrons. The van der Waals surface area contributed by atoms with Gasteiger partial charge in [-0.25, -0.2) is 0 Å². The molecule has 0 aliphatic carbocycles. The van der Waals surface area contributed by atoms with Gasteiger partial charge >= 0.3 is 0 Å². The average Bonchev–Trinajstić information content (AvgIpc) is 2.45. The topological polar surface area (TPSA) is 24.5 Å². The molecule has 0 aromatic heterocycles. The Morgan fingerprint density at radius 2 is 2.13 bits per heavy atom. The Morgan fingerprint density at radius 1 is 1.27 bits per heavy atom. The van der Waals surface area contributed by atoms with Crippen molar-refractivity contribution in [3.05, 3.63) is 0 Å². The zero-order valence-corrected chi connectivity index (χ0v) is 10.4. The molecule has 1 unspecified atom stereocenters. The van der Waals surface area contributed by atoms with Crippen molar-refractivity contribution in [3.63, 3.8) is 0 Å². The predicted molar refractivity (Wildman–Crippen MR) is 64.7 cm³/mol. The molecule has 15 heavy (non-hydrogen) atoms. The quantitative estimate of drug-likeness (QED) is 0.740. The number of hydrogen-bond acceptors (Lipinski definition) is 3. The summed E-state index contributed by atoms with van der Waals surface area (Å²) in [6.45, 7) is 7.79. The summed E-state index contributed by atoms with van der Waals surface area (Å²) in [4.78, 5) is 2.65. The highest BCUT2D eigenvalue weighted by atomic mass is 35.5. The van der Waals surface area contributed by atoms with E-state index in [0.717, 1.165) is 25.8 Å². The molecule has 2 aliphatic heterocycles. The van der Waals surface area contributed by atoms with E-state index in [1.807, 2.05) is 0 Å². The van der Waals surface area contributed by atoms with Gasteiger partial charge in [-0.15, -0.1) is 12.4 Å². The Bertz CT molecular complexity index is 172. The zero-order valence-electron chi connectivity index (χ0n) is 9.58. The fourth-order valence-electron chi connectivity index (χ4n) is 2.55. The summed E-state index contributed by atoms with van der Waals surface area (Å²) in [5.74, 6) is 0. The van der Waals surface area contributed by atoms with Gasteiger partial charge in [0.1, 0.15) is 0 Å². The highest BCUT2D eigenvalue weighted by Crippen LogP contribution is 2.16. The van der Waals surface area contributed by atoms with Crippen LogP contribution in [0.1, 0.15) is 26.2 Å². The molecule has 0 aromatic rings. The van der Waals surface area contributed by atoms with Gasteiger partial charge in [0.05, 0.1) is 0 Å². The first-order valence-corrected chi connectivity index (χ1v) is 5.91. The first-order valence-electron chi connectivity index (χ1n) is 5.91. The lowest BCUT2D eigenvalue weighted by Gasteiger charge is -2.37. The van der Waals surface area contributed by atoms with E-state index in [1.165, 1.54) is 32.4 Å². The van der Waals surface area contributed by atoms with Crippen molar-refractivity contribution in [2.45, 2.75) is 38.3 Å². The molecular formula is C11H23ClN2O. The van der Waals surface area contributed by atoms with Crippen molar-refractivity contribution < 1.29 is 4.74 Å². The van der Waals surface area contributed by atoms with E-state index in [1.54, 1.807) is 0 Å². The van der Waals surface area contributed by atoms with Crippen molar-refractivity contribution in [2.24, 2.45) is 0 Å². The van der Waals surface area contributed by atoms with Crippen LogP contribution in [0.15, 0.2) is 0 Å². The first kappa shape index (κ1) is 13.2. The molecule has 4 heteroatoms. The van der Waals surface area contributed by atoms with Crippen LogP contribution in [0.5, 0.6) is 0 Å². The minimum Gasteiger partial charge on any atom is -0.381 e. The van der Waals surface area contributed by atoms with Crippen LogP contribution in [0, 0.1) is 0 Å². The van der Waals surface area contributed by atoms with Gasteiger partial charge in [0.25, 0.3) is 0 Å². The molecule has 2 heterocycles. The van der Waals surface area contributed by atoms with Gasteiger partial charge in [-0.2, -0.15) is 0 Å². The number of halogens is 1. The summed E-state index contributed by atoms with van der Waals surface area (Å²) in [6, 6.07) is 1.44. The lowest BCUT2D eigenvalue weighted by atomic mass is 10.1. The number of rotatable bonds is 1. The molecule has 2 aliphatic rings. The third-order valence-corrected chi connectivity index (χ3v) is 3.34. The molecule has 0 aromatic carbocycles. The van der Waals surface area contributed by atoms with E-state index < -0.39 is 0 Å². The highest BCUT2D eigenvalue weighted by Gasteiger charge is 2.24. The van der Waals surface area contributed by atoms with Gasteiger partial charge in [-0.05, 0) is 26.2 Å². The second kappa shape index (κ2) is 6.69. The van der Waals surface area contributed by atoms with Crippen LogP contribution in [-0.2, 0) is 4.74 Å². The summed E-state index contributed by atoms with van der Waals surface area (Å²) in [5, 5.41) is 3.49. The molecule has 3 nitrogen and oxygen atoms in total. The van der Waals surface area contributed by atoms with Crippen LogP contribution in [-0.4, -0.2) is 49.8 Å². The van der Waals surface area contributed by atoms with Crippen molar-refractivity contribution in [1.29, 1.82) is 0 Å². The fourth-order valence-corrected chi connectivity index (χ4v) is 2.55. The maximum absolute atomic E-state index is 5.50. The van der Waals surface area contributed by atoms with Gasteiger partial charge in [0.15, 0.2) is 0 Å². The summed E-state index contributed by atoms with van der Waals surface area (Å²) in [5.41, 5.74) is 0. The highest BCUT2D eigenvalue weighted by molar-refractivity contribution is 5.85. The smallest absolute Gasteiger partial charge is 0.0480 e. The molecule has 0 bridgehead atoms. The lowest BCUT2D eigenvalue weighted by molar-refractivity contribution is 0.114. The van der Waals surface area contributed by atoms with Crippen molar-refractivity contribution in [3.8, 4) is 0 Å². The maximum atomic E-state index is 5.50. The van der Waals surface area contributed by atoms with E-state index >= 15 is 0 Å². The molecule has 0 amide bonds. The molecule has 2 atom stereocenters. The zero-order chi connectivity index (χ0) is 9.80. The SMILES string of the molecule is C[C@@H]1CN(C2CCCOCC2)CCN1.Cl. The number of ether oxygens (including phenoxy) is 1. The number of nitrogens with zero attached hydrogens (tertiary/aromatic N) is 1. The van der Waals surface area contributed by atoms with Crippen LogP contribution in [0.3, 0.4) is 0 Å². The third kappa shape index (κ3) is 3.91. The Kier molecular flexibility index (Phi) is 5.90. The molecule has 2 fully saturated rings. The van der Waals surface area contributed by atoms with Gasteiger partial charge < -0.3 is 10.1 Å². The Hall–Kier alpha value is 0.170. The Morgan fingerprint density at radius 3 is 2.93 bits per heavy atom. The lowest BCUT2D eigenvalue weighted by Crippen LogP contribution is -2.52. The Labute approximate surface area is 99.0 Å². The van der Waals surface area contributed by atoms with Gasteiger partial charge in [0, 0.05) is 44.9 Å². The van der Waals surface area contributed by atoms with E-state index in [-0.39, 0.29) is 12.4 Å². The summed E-state index contributed by atoms with van der Waals surface area (Å²) < 4.78 is 5.50. The molecule has 0 radical (unpaired) electrons. The van der Waals surface area contributed by atoms with Crippen molar-refractivity contribution in [1.82, 2.24) is 10.2 Å². The minimum atomic E-state index is 0. The van der Waals surface area contributed by atoms with Crippen LogP contribution in [0.4, 0.5) is 0 Å². The average molecular weight is 235 g/mol. The molecule has 2 saturated heterocycles. The molecule has 2 rings (SSSR count). The molecule has 1 N–H and O–H groups in total. The van der Waals surface area contributed by atoms with Gasteiger partial charge in [-0.3, -0.25) is 4.90 Å². The second-order valence-electron chi connectivity index (χ2n) is 4.55.